The van der Waals surface area contributed by atoms with Crippen molar-refractivity contribution in [1.29, 1.82) is 0 Å². The molecule has 0 bridgehead atoms. The van der Waals surface area contributed by atoms with Crippen LogP contribution in [0.25, 0.3) is 0 Å². The van der Waals surface area contributed by atoms with Crippen molar-refractivity contribution in [3.63, 3.8) is 0 Å². The summed E-state index contributed by atoms with van der Waals surface area (Å²) in [6, 6.07) is 4.97. The van der Waals surface area contributed by atoms with Crippen molar-refractivity contribution in [2.45, 2.75) is 19.5 Å². The van der Waals surface area contributed by atoms with E-state index in [9.17, 15) is 18.5 Å². The lowest BCUT2D eigenvalue weighted by atomic mass is 10.1. The van der Waals surface area contributed by atoms with Crippen molar-refractivity contribution in [1.82, 2.24) is 4.90 Å². The zero-order valence-electron chi connectivity index (χ0n) is 12.1. The molecule has 0 amide bonds. The summed E-state index contributed by atoms with van der Waals surface area (Å²) < 4.78 is 23.1. The van der Waals surface area contributed by atoms with Crippen molar-refractivity contribution in [3.05, 3.63) is 33.9 Å². The molecule has 0 radical (unpaired) electrons. The molecular formula is C13H19N3O4S. The third-order valence-electron chi connectivity index (χ3n) is 3.72. The Labute approximate surface area is 124 Å². The Kier molecular flexibility index (Phi) is 4.48. The molecule has 1 fully saturated rings. The fourth-order valence-electron chi connectivity index (χ4n) is 2.54. The fourth-order valence-corrected chi connectivity index (χ4v) is 4.17. The number of sulfone groups is 1. The highest BCUT2D eigenvalue weighted by Crippen LogP contribution is 2.26. The van der Waals surface area contributed by atoms with E-state index in [2.05, 4.69) is 5.32 Å². The first kappa shape index (κ1) is 15.7. The van der Waals surface area contributed by atoms with Crippen molar-refractivity contribution < 1.29 is 13.3 Å². The molecule has 1 atom stereocenters. The molecule has 1 aromatic carbocycles. The molecule has 1 unspecified atom stereocenters. The van der Waals surface area contributed by atoms with E-state index in [1.807, 2.05) is 17.9 Å². The summed E-state index contributed by atoms with van der Waals surface area (Å²) in [5.74, 6) is 0.289. The van der Waals surface area contributed by atoms with Gasteiger partial charge in [0.25, 0.3) is 5.69 Å². The molecule has 7 nitrogen and oxygen atoms in total. The van der Waals surface area contributed by atoms with E-state index in [-0.39, 0.29) is 23.2 Å². The summed E-state index contributed by atoms with van der Waals surface area (Å²) in [6.07, 6.45) is 0. The zero-order chi connectivity index (χ0) is 15.6. The van der Waals surface area contributed by atoms with Crippen LogP contribution in [-0.2, 0) is 16.4 Å². The van der Waals surface area contributed by atoms with Crippen LogP contribution < -0.4 is 5.32 Å². The van der Waals surface area contributed by atoms with E-state index in [1.165, 1.54) is 0 Å². The predicted octanol–water partition coefficient (Wildman–Crippen LogP) is 1.26. The van der Waals surface area contributed by atoms with Gasteiger partial charge in [-0.15, -0.1) is 0 Å². The van der Waals surface area contributed by atoms with Crippen molar-refractivity contribution >= 4 is 21.2 Å². The first-order chi connectivity index (χ1) is 9.82. The molecule has 1 aromatic rings. The number of rotatable bonds is 4. The van der Waals surface area contributed by atoms with E-state index in [4.69, 9.17) is 0 Å². The van der Waals surface area contributed by atoms with Crippen LogP contribution in [0.4, 0.5) is 11.4 Å². The third kappa shape index (κ3) is 3.70. The second-order valence-corrected chi connectivity index (χ2v) is 7.52. The Balaban J connectivity index is 2.17. The molecule has 0 saturated carbocycles. The van der Waals surface area contributed by atoms with Gasteiger partial charge in [0.2, 0.25) is 0 Å². The van der Waals surface area contributed by atoms with Gasteiger partial charge in [-0.25, -0.2) is 8.42 Å². The van der Waals surface area contributed by atoms with Crippen LogP contribution in [0.5, 0.6) is 0 Å². The molecule has 1 heterocycles. The largest absolute Gasteiger partial charge is 0.383 e. The third-order valence-corrected chi connectivity index (χ3v) is 5.52. The quantitative estimate of drug-likeness (QED) is 0.664. The van der Waals surface area contributed by atoms with E-state index in [0.717, 1.165) is 5.56 Å². The lowest BCUT2D eigenvalue weighted by molar-refractivity contribution is -0.384. The Morgan fingerprint density at radius 2 is 2.19 bits per heavy atom. The number of benzene rings is 1. The minimum atomic E-state index is -2.95. The molecule has 1 saturated heterocycles. The maximum Gasteiger partial charge on any atom is 0.292 e. The average molecular weight is 313 g/mol. The van der Waals surface area contributed by atoms with Crippen LogP contribution in [0.1, 0.15) is 12.5 Å². The van der Waals surface area contributed by atoms with Gasteiger partial charge in [-0.1, -0.05) is 6.07 Å². The summed E-state index contributed by atoms with van der Waals surface area (Å²) >= 11 is 0. The number of anilines is 1. The highest BCUT2D eigenvalue weighted by Gasteiger charge is 2.28. The van der Waals surface area contributed by atoms with Crippen LogP contribution >= 0.6 is 0 Å². The van der Waals surface area contributed by atoms with E-state index in [0.29, 0.717) is 18.8 Å². The van der Waals surface area contributed by atoms with Crippen LogP contribution in [0.15, 0.2) is 18.2 Å². The molecule has 0 aliphatic carbocycles. The van der Waals surface area contributed by atoms with Crippen LogP contribution in [0.2, 0.25) is 0 Å². The summed E-state index contributed by atoms with van der Waals surface area (Å²) in [7, 11) is -1.31. The average Bonchev–Trinajstić information content (AvgIpc) is 2.41. The lowest BCUT2D eigenvalue weighted by Gasteiger charge is -2.33. The van der Waals surface area contributed by atoms with Crippen LogP contribution in [0.3, 0.4) is 0 Å². The predicted molar refractivity (Wildman–Crippen MR) is 81.2 cm³/mol. The molecule has 1 N–H and O–H groups in total. The summed E-state index contributed by atoms with van der Waals surface area (Å²) in [6.45, 7) is 2.85. The number of nitro benzene ring substituents is 1. The highest BCUT2D eigenvalue weighted by molar-refractivity contribution is 7.91. The van der Waals surface area contributed by atoms with E-state index < -0.39 is 14.8 Å². The first-order valence-electron chi connectivity index (χ1n) is 6.72. The van der Waals surface area contributed by atoms with Crippen LogP contribution in [0, 0.1) is 10.1 Å². The van der Waals surface area contributed by atoms with Crippen molar-refractivity contribution in [2.75, 3.05) is 30.4 Å². The number of nitrogens with one attached hydrogen (secondary N) is 1. The van der Waals surface area contributed by atoms with Gasteiger partial charge in [0.05, 0.1) is 16.4 Å². The van der Waals surface area contributed by atoms with Gasteiger partial charge in [-0.2, -0.15) is 0 Å². The fraction of sp³-hybridized carbons (Fsp3) is 0.538. The molecule has 21 heavy (non-hydrogen) atoms. The maximum absolute atomic E-state index is 11.6. The number of nitro groups is 1. The molecule has 0 aromatic heterocycles. The van der Waals surface area contributed by atoms with Gasteiger partial charge in [0, 0.05) is 32.2 Å². The summed E-state index contributed by atoms with van der Waals surface area (Å²) in [5.41, 5.74) is 1.32. The maximum atomic E-state index is 11.6. The van der Waals surface area contributed by atoms with Crippen molar-refractivity contribution in [2.24, 2.45) is 0 Å². The molecule has 1 aliphatic heterocycles. The molecule has 0 spiro atoms. The van der Waals surface area contributed by atoms with Gasteiger partial charge in [0.1, 0.15) is 5.69 Å². The Bertz CT molecular complexity index is 645. The van der Waals surface area contributed by atoms with Gasteiger partial charge < -0.3 is 5.32 Å². The van der Waals surface area contributed by atoms with E-state index >= 15 is 0 Å². The molecule has 1 aliphatic rings. The second kappa shape index (κ2) is 5.98. The SMILES string of the molecule is CNc1ccc(CN2CCS(=O)(=O)CC2C)cc1[N+](=O)[O-]. The second-order valence-electron chi connectivity index (χ2n) is 5.29. The number of hydrogen-bond acceptors (Lipinski definition) is 6. The molecular weight excluding hydrogens is 294 g/mol. The zero-order valence-corrected chi connectivity index (χ0v) is 12.9. The smallest absolute Gasteiger partial charge is 0.292 e. The summed E-state index contributed by atoms with van der Waals surface area (Å²) in [4.78, 5) is 12.7. The van der Waals surface area contributed by atoms with Gasteiger partial charge >= 0.3 is 0 Å². The van der Waals surface area contributed by atoms with E-state index in [1.54, 1.807) is 19.2 Å². The Hall–Kier alpha value is -1.67. The molecule has 8 heteroatoms. The minimum Gasteiger partial charge on any atom is -0.383 e. The number of nitrogens with zero attached hydrogens (tertiary/aromatic N) is 2. The van der Waals surface area contributed by atoms with Gasteiger partial charge in [-0.05, 0) is 18.6 Å². The topological polar surface area (TPSA) is 92.6 Å². The Morgan fingerprint density at radius 1 is 1.48 bits per heavy atom. The molecule has 2 rings (SSSR count). The highest BCUT2D eigenvalue weighted by atomic mass is 32.2. The lowest BCUT2D eigenvalue weighted by Crippen LogP contribution is -2.46. The monoisotopic (exact) mass is 313 g/mol. The normalized spacial score (nSPS) is 21.9. The minimum absolute atomic E-state index is 0.0345. The van der Waals surface area contributed by atoms with Crippen molar-refractivity contribution in [3.8, 4) is 0 Å². The first-order valence-corrected chi connectivity index (χ1v) is 8.54. The number of hydrogen-bond donors (Lipinski definition) is 1. The van der Waals surface area contributed by atoms with Crippen LogP contribution in [-0.4, -0.2) is 49.4 Å². The molecule has 116 valence electrons. The van der Waals surface area contributed by atoms with Gasteiger partial charge in [0.15, 0.2) is 9.84 Å². The standard InChI is InChI=1S/C13H19N3O4S/c1-10-9-21(19,20)6-5-15(10)8-11-3-4-12(14-2)13(7-11)16(17)18/h3-4,7,10,14H,5-6,8-9H2,1-2H3. The Morgan fingerprint density at radius 3 is 2.76 bits per heavy atom. The summed E-state index contributed by atoms with van der Waals surface area (Å²) in [5, 5.41) is 13.8. The van der Waals surface area contributed by atoms with Gasteiger partial charge in [-0.3, -0.25) is 15.0 Å².